The fourth-order valence-corrected chi connectivity index (χ4v) is 2.95. The van der Waals surface area contributed by atoms with Gasteiger partial charge in [0.2, 0.25) is 0 Å². The van der Waals surface area contributed by atoms with Crippen molar-refractivity contribution in [1.82, 2.24) is 14.5 Å². The molecule has 2 rings (SSSR count). The number of rotatable bonds is 1. The first-order valence-electron chi connectivity index (χ1n) is 6.20. The summed E-state index contributed by atoms with van der Waals surface area (Å²) in [6.45, 7) is 7.18. The van der Waals surface area contributed by atoms with E-state index in [9.17, 15) is 9.90 Å². The summed E-state index contributed by atoms with van der Waals surface area (Å²) < 4.78 is 3.91. The van der Waals surface area contributed by atoms with Gasteiger partial charge in [-0.2, -0.15) is 0 Å². The Bertz CT molecular complexity index is 439. The molecule has 2 heterocycles. The van der Waals surface area contributed by atoms with E-state index in [-0.39, 0.29) is 11.3 Å². The summed E-state index contributed by atoms with van der Waals surface area (Å²) in [6.07, 6.45) is 1.22. The predicted molar refractivity (Wildman–Crippen MR) is 69.8 cm³/mol. The molecule has 0 radical (unpaired) electrons. The lowest BCUT2D eigenvalue weighted by atomic mass is 9.91. The van der Waals surface area contributed by atoms with Gasteiger partial charge < -0.3 is 10.0 Å². The smallest absolute Gasteiger partial charge is 0.267 e. The van der Waals surface area contributed by atoms with Crippen molar-refractivity contribution in [3.63, 3.8) is 0 Å². The van der Waals surface area contributed by atoms with E-state index in [1.165, 1.54) is 0 Å². The van der Waals surface area contributed by atoms with Crippen LogP contribution in [0.25, 0.3) is 0 Å². The molecule has 0 spiro atoms. The highest BCUT2D eigenvalue weighted by atomic mass is 32.1. The van der Waals surface area contributed by atoms with Crippen LogP contribution < -0.4 is 0 Å². The standard InChI is InChI=1S/C12H19N3O2S/c1-12(2,3)10-9(18-14-13-10)11(17)15-6-4-5-8(16)7-15/h8,16H,4-7H2,1-3H3/t8-/m0/s1. The van der Waals surface area contributed by atoms with Crippen LogP contribution in [0.4, 0.5) is 0 Å². The molecule has 0 aromatic carbocycles. The third-order valence-electron chi connectivity index (χ3n) is 3.08. The van der Waals surface area contributed by atoms with Crippen LogP contribution >= 0.6 is 11.5 Å². The van der Waals surface area contributed by atoms with E-state index in [0.717, 1.165) is 30.1 Å². The summed E-state index contributed by atoms with van der Waals surface area (Å²) in [5, 5.41) is 13.7. The van der Waals surface area contributed by atoms with Crippen LogP contribution in [0.3, 0.4) is 0 Å². The highest BCUT2D eigenvalue weighted by Crippen LogP contribution is 2.27. The van der Waals surface area contributed by atoms with Crippen LogP contribution in [0.1, 0.15) is 49.0 Å². The SMILES string of the molecule is CC(C)(C)c1nnsc1C(=O)N1CCC[C@H](O)C1. The minimum absolute atomic E-state index is 0.0475. The lowest BCUT2D eigenvalue weighted by Crippen LogP contribution is -2.42. The zero-order valence-corrected chi connectivity index (χ0v) is 11.8. The summed E-state index contributed by atoms with van der Waals surface area (Å²) in [6, 6.07) is 0. The molecule has 6 heteroatoms. The maximum Gasteiger partial charge on any atom is 0.267 e. The Hall–Kier alpha value is -1.01. The molecule has 5 nitrogen and oxygen atoms in total. The molecule has 1 fully saturated rings. The molecule has 1 atom stereocenters. The third kappa shape index (κ3) is 2.70. The van der Waals surface area contributed by atoms with Crippen LogP contribution in [0.5, 0.6) is 0 Å². The van der Waals surface area contributed by atoms with Crippen LogP contribution in [-0.2, 0) is 5.41 Å². The zero-order valence-electron chi connectivity index (χ0n) is 11.0. The highest BCUT2D eigenvalue weighted by molar-refractivity contribution is 7.08. The van der Waals surface area contributed by atoms with Gasteiger partial charge in [-0.1, -0.05) is 25.3 Å². The van der Waals surface area contributed by atoms with Gasteiger partial charge >= 0.3 is 0 Å². The second-order valence-electron chi connectivity index (χ2n) is 5.75. The van der Waals surface area contributed by atoms with Gasteiger partial charge in [-0.05, 0) is 24.4 Å². The summed E-state index contributed by atoms with van der Waals surface area (Å²) in [5.41, 5.74) is 0.560. The number of nitrogens with zero attached hydrogens (tertiary/aromatic N) is 3. The number of amides is 1. The van der Waals surface area contributed by atoms with Crippen molar-refractivity contribution in [2.75, 3.05) is 13.1 Å². The van der Waals surface area contributed by atoms with Gasteiger partial charge in [0.15, 0.2) is 0 Å². The molecule has 18 heavy (non-hydrogen) atoms. The normalized spacial score (nSPS) is 21.1. The first-order valence-corrected chi connectivity index (χ1v) is 6.97. The largest absolute Gasteiger partial charge is 0.391 e. The Morgan fingerprint density at radius 2 is 2.22 bits per heavy atom. The molecule has 100 valence electrons. The Balaban J connectivity index is 2.21. The summed E-state index contributed by atoms with van der Waals surface area (Å²) in [4.78, 5) is 14.7. The van der Waals surface area contributed by atoms with E-state index in [1.54, 1.807) is 4.90 Å². The number of β-amino-alcohol motifs (C(OH)–C–C–N with tert-alkyl or cyclic N) is 1. The third-order valence-corrected chi connectivity index (χ3v) is 3.79. The highest BCUT2D eigenvalue weighted by Gasteiger charge is 2.30. The Morgan fingerprint density at radius 1 is 1.50 bits per heavy atom. The average Bonchev–Trinajstić information content (AvgIpc) is 2.76. The fraction of sp³-hybridized carbons (Fsp3) is 0.750. The van der Waals surface area contributed by atoms with E-state index in [4.69, 9.17) is 0 Å². The van der Waals surface area contributed by atoms with Crippen molar-refractivity contribution in [2.45, 2.75) is 45.1 Å². The molecule has 1 N–H and O–H groups in total. The number of hydrogen-bond donors (Lipinski definition) is 1. The molecular formula is C12H19N3O2S. The van der Waals surface area contributed by atoms with E-state index in [2.05, 4.69) is 9.59 Å². The number of aliphatic hydroxyl groups excluding tert-OH is 1. The van der Waals surface area contributed by atoms with Gasteiger partial charge in [-0.25, -0.2) is 0 Å². The minimum Gasteiger partial charge on any atom is -0.391 e. The number of aliphatic hydroxyl groups is 1. The Labute approximate surface area is 111 Å². The van der Waals surface area contributed by atoms with Gasteiger partial charge in [0.1, 0.15) is 4.88 Å². The molecular weight excluding hydrogens is 250 g/mol. The fourth-order valence-electron chi connectivity index (χ4n) is 2.10. The summed E-state index contributed by atoms with van der Waals surface area (Å²) in [5.74, 6) is -0.0475. The maximum absolute atomic E-state index is 12.4. The molecule has 1 amide bonds. The molecule has 0 bridgehead atoms. The molecule has 0 aliphatic carbocycles. The molecule has 0 saturated carbocycles. The van der Waals surface area contributed by atoms with Crippen molar-refractivity contribution in [3.05, 3.63) is 10.6 Å². The second-order valence-corrected chi connectivity index (χ2v) is 6.50. The quantitative estimate of drug-likeness (QED) is 0.837. The van der Waals surface area contributed by atoms with Crippen LogP contribution in [0.15, 0.2) is 0 Å². The van der Waals surface area contributed by atoms with Crippen LogP contribution in [-0.4, -0.2) is 44.7 Å². The molecule has 1 saturated heterocycles. The Kier molecular flexibility index (Phi) is 3.68. The molecule has 1 aliphatic heterocycles. The molecule has 0 unspecified atom stereocenters. The van der Waals surface area contributed by atoms with Gasteiger partial charge in [0.25, 0.3) is 5.91 Å². The van der Waals surface area contributed by atoms with Crippen LogP contribution in [0.2, 0.25) is 0 Å². The van der Waals surface area contributed by atoms with E-state index in [1.807, 2.05) is 20.8 Å². The summed E-state index contributed by atoms with van der Waals surface area (Å²) in [7, 11) is 0. The molecule has 1 aromatic rings. The lowest BCUT2D eigenvalue weighted by Gasteiger charge is -2.30. The summed E-state index contributed by atoms with van der Waals surface area (Å²) >= 11 is 1.15. The predicted octanol–water partition coefficient (Wildman–Crippen LogP) is 1.43. The first kappa shape index (κ1) is 13.4. The van der Waals surface area contributed by atoms with Gasteiger partial charge in [0, 0.05) is 18.5 Å². The number of aromatic nitrogens is 2. The number of carbonyl (C=O) groups excluding carboxylic acids is 1. The van der Waals surface area contributed by atoms with E-state index in [0.29, 0.717) is 18.0 Å². The van der Waals surface area contributed by atoms with E-state index >= 15 is 0 Å². The maximum atomic E-state index is 12.4. The number of hydrogen-bond acceptors (Lipinski definition) is 5. The van der Waals surface area contributed by atoms with Crippen molar-refractivity contribution >= 4 is 17.4 Å². The Morgan fingerprint density at radius 3 is 2.83 bits per heavy atom. The second kappa shape index (κ2) is 4.93. The minimum atomic E-state index is -0.401. The number of carbonyl (C=O) groups is 1. The van der Waals surface area contributed by atoms with Crippen molar-refractivity contribution in [1.29, 1.82) is 0 Å². The topological polar surface area (TPSA) is 66.3 Å². The number of likely N-dealkylation sites (tertiary alicyclic amines) is 1. The molecule has 1 aliphatic rings. The molecule has 1 aromatic heterocycles. The van der Waals surface area contributed by atoms with Crippen LogP contribution in [0, 0.1) is 0 Å². The van der Waals surface area contributed by atoms with Gasteiger partial charge in [-0.15, -0.1) is 5.10 Å². The van der Waals surface area contributed by atoms with Gasteiger partial charge in [0.05, 0.1) is 11.8 Å². The van der Waals surface area contributed by atoms with E-state index < -0.39 is 6.10 Å². The van der Waals surface area contributed by atoms with Crippen molar-refractivity contribution < 1.29 is 9.90 Å². The average molecular weight is 269 g/mol. The van der Waals surface area contributed by atoms with Crippen molar-refractivity contribution in [3.8, 4) is 0 Å². The number of piperidine rings is 1. The van der Waals surface area contributed by atoms with Gasteiger partial charge in [-0.3, -0.25) is 4.79 Å². The van der Waals surface area contributed by atoms with Crippen molar-refractivity contribution in [2.24, 2.45) is 0 Å². The lowest BCUT2D eigenvalue weighted by molar-refractivity contribution is 0.0475. The monoisotopic (exact) mass is 269 g/mol. The first-order chi connectivity index (χ1) is 8.39. The zero-order chi connectivity index (χ0) is 13.3.